The van der Waals surface area contributed by atoms with E-state index in [0.717, 1.165) is 0 Å². The summed E-state index contributed by atoms with van der Waals surface area (Å²) in [4.78, 5) is 2.11. The molecule has 1 atom stereocenters. The summed E-state index contributed by atoms with van der Waals surface area (Å²) in [6.45, 7) is 7.93. The van der Waals surface area contributed by atoms with Crippen LogP contribution in [-0.4, -0.2) is 30.6 Å². The summed E-state index contributed by atoms with van der Waals surface area (Å²) in [6.07, 6.45) is 1.82. The SMILES string of the molecule is C=CC(NN)C(C)(C)N(C)C. The Kier molecular flexibility index (Phi) is 3.72. The number of likely N-dealkylation sites (N-methyl/N-ethyl adjacent to an activating group) is 1. The van der Waals surface area contributed by atoms with Gasteiger partial charge in [-0.05, 0) is 27.9 Å². The molecule has 1 unspecified atom stereocenters. The maximum Gasteiger partial charge on any atom is 0.0566 e. The second-order valence-corrected chi connectivity index (χ2v) is 3.43. The first-order chi connectivity index (χ1) is 4.96. The van der Waals surface area contributed by atoms with E-state index in [0.29, 0.717) is 0 Å². The second kappa shape index (κ2) is 3.85. The fourth-order valence-corrected chi connectivity index (χ4v) is 0.839. The van der Waals surface area contributed by atoms with Crippen LogP contribution in [0.4, 0.5) is 0 Å². The molecule has 66 valence electrons. The number of hydrazine groups is 1. The van der Waals surface area contributed by atoms with Crippen molar-refractivity contribution in [3.05, 3.63) is 12.7 Å². The Balaban J connectivity index is 4.36. The molecule has 0 rings (SSSR count). The molecule has 3 nitrogen and oxygen atoms in total. The summed E-state index contributed by atoms with van der Waals surface area (Å²) < 4.78 is 0. The summed E-state index contributed by atoms with van der Waals surface area (Å²) in [6, 6.07) is 0.109. The van der Waals surface area contributed by atoms with Gasteiger partial charge in [-0.25, -0.2) is 0 Å². The molecule has 0 aliphatic carbocycles. The highest BCUT2D eigenvalue weighted by Gasteiger charge is 2.28. The molecule has 0 aliphatic rings. The first-order valence-electron chi connectivity index (χ1n) is 3.73. The van der Waals surface area contributed by atoms with Gasteiger partial charge in [-0.1, -0.05) is 6.08 Å². The van der Waals surface area contributed by atoms with Crippen LogP contribution in [0.3, 0.4) is 0 Å². The zero-order valence-corrected chi connectivity index (χ0v) is 7.89. The summed E-state index contributed by atoms with van der Waals surface area (Å²) >= 11 is 0. The van der Waals surface area contributed by atoms with Gasteiger partial charge in [0.05, 0.1) is 6.04 Å². The monoisotopic (exact) mass is 157 g/mol. The molecule has 0 fully saturated rings. The van der Waals surface area contributed by atoms with E-state index in [9.17, 15) is 0 Å². The van der Waals surface area contributed by atoms with Gasteiger partial charge in [0.25, 0.3) is 0 Å². The quantitative estimate of drug-likeness (QED) is 0.351. The van der Waals surface area contributed by atoms with Crippen LogP contribution in [0.5, 0.6) is 0 Å². The third-order valence-corrected chi connectivity index (χ3v) is 2.33. The highest BCUT2D eigenvalue weighted by Crippen LogP contribution is 2.15. The molecule has 0 amide bonds. The van der Waals surface area contributed by atoms with Crippen molar-refractivity contribution in [3.8, 4) is 0 Å². The van der Waals surface area contributed by atoms with Crippen LogP contribution < -0.4 is 11.3 Å². The van der Waals surface area contributed by atoms with E-state index in [-0.39, 0.29) is 11.6 Å². The fraction of sp³-hybridized carbons (Fsp3) is 0.750. The van der Waals surface area contributed by atoms with Crippen molar-refractivity contribution in [2.24, 2.45) is 5.84 Å². The summed E-state index contributed by atoms with van der Waals surface area (Å²) in [5.74, 6) is 5.36. The maximum absolute atomic E-state index is 5.36. The van der Waals surface area contributed by atoms with Crippen molar-refractivity contribution < 1.29 is 0 Å². The van der Waals surface area contributed by atoms with Gasteiger partial charge in [0.1, 0.15) is 0 Å². The minimum absolute atomic E-state index is 0.00347. The van der Waals surface area contributed by atoms with Gasteiger partial charge >= 0.3 is 0 Å². The number of nitrogens with two attached hydrogens (primary N) is 1. The predicted molar refractivity (Wildman–Crippen MR) is 49.1 cm³/mol. The molecule has 0 saturated heterocycles. The highest BCUT2D eigenvalue weighted by atomic mass is 15.3. The van der Waals surface area contributed by atoms with Crippen LogP contribution in [0, 0.1) is 0 Å². The maximum atomic E-state index is 5.36. The number of hydrogen-bond acceptors (Lipinski definition) is 3. The van der Waals surface area contributed by atoms with E-state index in [4.69, 9.17) is 5.84 Å². The van der Waals surface area contributed by atoms with Crippen LogP contribution in [-0.2, 0) is 0 Å². The molecular formula is C8H19N3. The summed E-state index contributed by atoms with van der Waals surface area (Å²) in [5, 5.41) is 0. The largest absolute Gasteiger partial charge is 0.302 e. The fourth-order valence-electron chi connectivity index (χ4n) is 0.839. The van der Waals surface area contributed by atoms with Crippen LogP contribution in [0.25, 0.3) is 0 Å². The third kappa shape index (κ3) is 2.29. The second-order valence-electron chi connectivity index (χ2n) is 3.43. The molecular weight excluding hydrogens is 138 g/mol. The Hall–Kier alpha value is -0.380. The molecule has 0 aromatic carbocycles. The Morgan fingerprint density at radius 2 is 2.00 bits per heavy atom. The van der Waals surface area contributed by atoms with Crippen molar-refractivity contribution in [3.63, 3.8) is 0 Å². The van der Waals surface area contributed by atoms with Crippen molar-refractivity contribution in [2.75, 3.05) is 14.1 Å². The zero-order valence-electron chi connectivity index (χ0n) is 7.89. The lowest BCUT2D eigenvalue weighted by Gasteiger charge is -2.38. The van der Waals surface area contributed by atoms with Crippen molar-refractivity contribution in [2.45, 2.75) is 25.4 Å². The molecule has 0 radical (unpaired) electrons. The van der Waals surface area contributed by atoms with E-state index in [2.05, 4.69) is 30.8 Å². The molecule has 3 heteroatoms. The molecule has 0 bridgehead atoms. The number of rotatable bonds is 4. The summed E-state index contributed by atoms with van der Waals surface area (Å²) in [5.41, 5.74) is 2.71. The minimum Gasteiger partial charge on any atom is -0.302 e. The van der Waals surface area contributed by atoms with Gasteiger partial charge < -0.3 is 4.90 Å². The van der Waals surface area contributed by atoms with Gasteiger partial charge in [-0.3, -0.25) is 11.3 Å². The van der Waals surface area contributed by atoms with E-state index < -0.39 is 0 Å². The van der Waals surface area contributed by atoms with Gasteiger partial charge in [-0.2, -0.15) is 0 Å². The molecule has 11 heavy (non-hydrogen) atoms. The van der Waals surface area contributed by atoms with Crippen molar-refractivity contribution in [1.29, 1.82) is 0 Å². The zero-order chi connectivity index (χ0) is 9.07. The van der Waals surface area contributed by atoms with Gasteiger partial charge in [-0.15, -0.1) is 6.58 Å². The lowest BCUT2D eigenvalue weighted by atomic mass is 9.94. The van der Waals surface area contributed by atoms with Gasteiger partial charge in [0.2, 0.25) is 0 Å². The first kappa shape index (κ1) is 10.6. The van der Waals surface area contributed by atoms with E-state index in [1.165, 1.54) is 0 Å². The molecule has 0 saturated carbocycles. The van der Waals surface area contributed by atoms with Gasteiger partial charge in [0, 0.05) is 5.54 Å². The van der Waals surface area contributed by atoms with E-state index in [1.807, 2.05) is 20.2 Å². The Labute approximate surface area is 69.2 Å². The van der Waals surface area contributed by atoms with Crippen LogP contribution >= 0.6 is 0 Å². The topological polar surface area (TPSA) is 41.3 Å². The van der Waals surface area contributed by atoms with E-state index in [1.54, 1.807) is 0 Å². The molecule has 3 N–H and O–H groups in total. The predicted octanol–water partition coefficient (Wildman–Crippen LogP) is 0.345. The molecule has 0 spiro atoms. The van der Waals surface area contributed by atoms with Crippen LogP contribution in [0.15, 0.2) is 12.7 Å². The summed E-state index contributed by atoms with van der Waals surface area (Å²) in [7, 11) is 4.04. The molecule has 0 heterocycles. The first-order valence-corrected chi connectivity index (χ1v) is 3.73. The van der Waals surface area contributed by atoms with Crippen molar-refractivity contribution in [1.82, 2.24) is 10.3 Å². The lowest BCUT2D eigenvalue weighted by molar-refractivity contribution is 0.160. The van der Waals surface area contributed by atoms with Crippen molar-refractivity contribution >= 4 is 0 Å². The number of hydrogen-bond donors (Lipinski definition) is 2. The Morgan fingerprint density at radius 3 is 2.09 bits per heavy atom. The molecule has 0 aromatic heterocycles. The average Bonchev–Trinajstić information content (AvgIpc) is 1.89. The van der Waals surface area contributed by atoms with E-state index >= 15 is 0 Å². The van der Waals surface area contributed by atoms with Crippen LogP contribution in [0.2, 0.25) is 0 Å². The lowest BCUT2D eigenvalue weighted by Crippen LogP contribution is -2.56. The molecule has 0 aliphatic heterocycles. The normalized spacial score (nSPS) is 15.1. The minimum atomic E-state index is -0.00347. The van der Waals surface area contributed by atoms with Crippen LogP contribution in [0.1, 0.15) is 13.8 Å². The Bertz CT molecular complexity index is 129. The number of nitrogens with zero attached hydrogens (tertiary/aromatic N) is 1. The smallest absolute Gasteiger partial charge is 0.0566 e. The third-order valence-electron chi connectivity index (χ3n) is 2.33. The van der Waals surface area contributed by atoms with Gasteiger partial charge in [0.15, 0.2) is 0 Å². The highest BCUT2D eigenvalue weighted by molar-refractivity contribution is 5.00. The number of nitrogens with one attached hydrogen (secondary N) is 1. The molecule has 0 aromatic rings. The Morgan fingerprint density at radius 1 is 1.55 bits per heavy atom. The average molecular weight is 157 g/mol. The standard InChI is InChI=1S/C8H19N3/c1-6-7(10-9)8(2,3)11(4)5/h6-7,10H,1,9H2,2-5H3.